The van der Waals surface area contributed by atoms with E-state index < -0.39 is 0 Å². The number of Topliss-reactive ketones (excluding diaryl/α,β-unsaturated/α-hetero) is 1. The van der Waals surface area contributed by atoms with Gasteiger partial charge in [-0.25, -0.2) is 0 Å². The third kappa shape index (κ3) is 2.92. The minimum Gasteiger partial charge on any atom is -0.298 e. The average molecular weight is 217 g/mol. The van der Waals surface area contributed by atoms with E-state index >= 15 is 0 Å². The quantitative estimate of drug-likeness (QED) is 0.771. The maximum absolute atomic E-state index is 11.2. The topological polar surface area (TPSA) is 20.3 Å². The Hall–Kier alpha value is -1.15. The first-order valence-corrected chi connectivity index (χ1v) is 6.05. The van der Waals surface area contributed by atoms with Gasteiger partial charge in [0.05, 0.1) is 6.54 Å². The van der Waals surface area contributed by atoms with Gasteiger partial charge in [-0.15, -0.1) is 0 Å². The fraction of sp³-hybridized carbons (Fsp3) is 0.500. The van der Waals surface area contributed by atoms with Crippen LogP contribution in [0.4, 0.5) is 0 Å². The maximum Gasteiger partial charge on any atom is 0.148 e. The molecule has 2 nitrogen and oxygen atoms in total. The molecule has 1 saturated heterocycles. The third-order valence-electron chi connectivity index (χ3n) is 3.37. The molecule has 2 rings (SSSR count). The fourth-order valence-corrected chi connectivity index (χ4v) is 2.23. The monoisotopic (exact) mass is 217 g/mol. The molecule has 1 aliphatic rings. The highest BCUT2D eigenvalue weighted by molar-refractivity contribution is 5.82. The van der Waals surface area contributed by atoms with Crippen molar-refractivity contribution in [3.05, 3.63) is 35.9 Å². The van der Waals surface area contributed by atoms with Crippen LogP contribution in [0, 0.1) is 0 Å². The summed E-state index contributed by atoms with van der Waals surface area (Å²) in [5.74, 6) is 0.395. The van der Waals surface area contributed by atoms with Crippen molar-refractivity contribution in [1.82, 2.24) is 4.90 Å². The molecule has 86 valence electrons. The van der Waals surface area contributed by atoms with Crippen LogP contribution in [0.3, 0.4) is 0 Å². The molecule has 1 heterocycles. The molecule has 1 aliphatic heterocycles. The van der Waals surface area contributed by atoms with E-state index in [-0.39, 0.29) is 0 Å². The molecule has 2 heteroatoms. The molecular formula is C14H19NO. The lowest BCUT2D eigenvalue weighted by Gasteiger charge is -2.22. The summed E-state index contributed by atoms with van der Waals surface area (Å²) in [5.41, 5.74) is 1.39. The summed E-state index contributed by atoms with van der Waals surface area (Å²) >= 11 is 0. The van der Waals surface area contributed by atoms with E-state index in [9.17, 15) is 4.79 Å². The van der Waals surface area contributed by atoms with Crippen molar-refractivity contribution in [2.24, 2.45) is 0 Å². The average Bonchev–Trinajstić information content (AvgIpc) is 2.74. The Morgan fingerprint density at radius 2 is 2.06 bits per heavy atom. The molecule has 1 atom stereocenters. The Morgan fingerprint density at radius 3 is 2.69 bits per heavy atom. The summed E-state index contributed by atoms with van der Waals surface area (Å²) in [6.07, 6.45) is 2.99. The molecule has 1 fully saturated rings. The maximum atomic E-state index is 11.2. The van der Waals surface area contributed by atoms with Gasteiger partial charge in [0, 0.05) is 19.0 Å². The van der Waals surface area contributed by atoms with Gasteiger partial charge >= 0.3 is 0 Å². The van der Waals surface area contributed by atoms with Gasteiger partial charge in [0.2, 0.25) is 0 Å². The molecule has 0 N–H and O–H groups in total. The molecule has 0 radical (unpaired) electrons. The lowest BCUT2D eigenvalue weighted by Crippen LogP contribution is -2.31. The van der Waals surface area contributed by atoms with Crippen LogP contribution in [0.2, 0.25) is 0 Å². The zero-order chi connectivity index (χ0) is 11.4. The molecule has 0 spiro atoms. The molecule has 0 aromatic heterocycles. The highest BCUT2D eigenvalue weighted by Gasteiger charge is 2.23. The van der Waals surface area contributed by atoms with E-state index in [1.54, 1.807) is 0 Å². The number of hydrogen-bond acceptors (Lipinski definition) is 2. The predicted molar refractivity (Wildman–Crippen MR) is 65.4 cm³/mol. The van der Waals surface area contributed by atoms with Gasteiger partial charge in [-0.05, 0) is 25.3 Å². The van der Waals surface area contributed by atoms with Crippen LogP contribution in [-0.2, 0) is 11.2 Å². The standard InChI is InChI=1S/C14H19NO/c1-12(15-10-9-14(16)11-15)7-8-13-5-3-2-4-6-13/h2-6,12H,7-11H2,1H3. The molecule has 0 aliphatic carbocycles. The Balaban J connectivity index is 1.80. The van der Waals surface area contributed by atoms with Crippen molar-refractivity contribution in [2.45, 2.75) is 32.2 Å². The Kier molecular flexibility index (Phi) is 3.73. The number of benzene rings is 1. The van der Waals surface area contributed by atoms with Crippen LogP contribution in [0.5, 0.6) is 0 Å². The molecular weight excluding hydrogens is 198 g/mol. The number of nitrogens with zero attached hydrogens (tertiary/aromatic N) is 1. The first-order chi connectivity index (χ1) is 7.75. The summed E-state index contributed by atoms with van der Waals surface area (Å²) in [7, 11) is 0. The summed E-state index contributed by atoms with van der Waals surface area (Å²) in [6.45, 7) is 3.84. The third-order valence-corrected chi connectivity index (χ3v) is 3.37. The predicted octanol–water partition coefficient (Wildman–Crippen LogP) is 2.28. The van der Waals surface area contributed by atoms with Crippen molar-refractivity contribution >= 4 is 5.78 Å². The molecule has 16 heavy (non-hydrogen) atoms. The van der Waals surface area contributed by atoms with Crippen LogP contribution in [-0.4, -0.2) is 29.8 Å². The molecule has 0 amide bonds. The van der Waals surface area contributed by atoms with Crippen LogP contribution < -0.4 is 0 Å². The van der Waals surface area contributed by atoms with Crippen molar-refractivity contribution in [1.29, 1.82) is 0 Å². The summed E-state index contributed by atoms with van der Waals surface area (Å²) in [4.78, 5) is 13.5. The number of likely N-dealkylation sites (tertiary alicyclic amines) is 1. The Morgan fingerprint density at radius 1 is 1.31 bits per heavy atom. The second-order valence-electron chi connectivity index (χ2n) is 4.63. The van der Waals surface area contributed by atoms with Gasteiger partial charge in [-0.2, -0.15) is 0 Å². The molecule has 0 saturated carbocycles. The molecule has 0 bridgehead atoms. The first-order valence-electron chi connectivity index (χ1n) is 6.05. The van der Waals surface area contributed by atoms with E-state index in [1.165, 1.54) is 5.56 Å². The Labute approximate surface area is 97.3 Å². The van der Waals surface area contributed by atoms with Gasteiger partial charge in [0.1, 0.15) is 5.78 Å². The van der Waals surface area contributed by atoms with Gasteiger partial charge in [-0.3, -0.25) is 9.69 Å². The van der Waals surface area contributed by atoms with E-state index in [0.29, 0.717) is 18.4 Å². The SMILES string of the molecule is CC(CCc1ccccc1)N1CCC(=O)C1. The Bertz CT molecular complexity index is 347. The first kappa shape index (κ1) is 11.3. The lowest BCUT2D eigenvalue weighted by atomic mass is 10.1. The smallest absolute Gasteiger partial charge is 0.148 e. The van der Waals surface area contributed by atoms with Crippen LogP contribution in [0.25, 0.3) is 0 Å². The zero-order valence-corrected chi connectivity index (χ0v) is 9.86. The van der Waals surface area contributed by atoms with E-state index in [2.05, 4.69) is 36.1 Å². The number of carbonyl (C=O) groups is 1. The molecule has 1 unspecified atom stereocenters. The normalized spacial score (nSPS) is 18.9. The summed E-state index contributed by atoms with van der Waals surface area (Å²) < 4.78 is 0. The highest BCUT2D eigenvalue weighted by atomic mass is 16.1. The van der Waals surface area contributed by atoms with Gasteiger partial charge in [0.15, 0.2) is 0 Å². The number of rotatable bonds is 4. The van der Waals surface area contributed by atoms with Crippen molar-refractivity contribution in [3.8, 4) is 0 Å². The van der Waals surface area contributed by atoms with E-state index in [4.69, 9.17) is 0 Å². The zero-order valence-electron chi connectivity index (χ0n) is 9.86. The van der Waals surface area contributed by atoms with Crippen LogP contribution in [0.1, 0.15) is 25.3 Å². The number of ketones is 1. The van der Waals surface area contributed by atoms with Gasteiger partial charge in [-0.1, -0.05) is 30.3 Å². The van der Waals surface area contributed by atoms with Crippen LogP contribution in [0.15, 0.2) is 30.3 Å². The second-order valence-corrected chi connectivity index (χ2v) is 4.63. The number of hydrogen-bond donors (Lipinski definition) is 0. The van der Waals surface area contributed by atoms with E-state index in [1.807, 2.05) is 6.07 Å². The van der Waals surface area contributed by atoms with Crippen molar-refractivity contribution in [2.75, 3.05) is 13.1 Å². The number of aryl methyl sites for hydroxylation is 1. The van der Waals surface area contributed by atoms with Crippen LogP contribution >= 0.6 is 0 Å². The summed E-state index contributed by atoms with van der Waals surface area (Å²) in [5, 5.41) is 0. The van der Waals surface area contributed by atoms with E-state index in [0.717, 1.165) is 25.8 Å². The minimum absolute atomic E-state index is 0.395. The van der Waals surface area contributed by atoms with Crippen molar-refractivity contribution in [3.63, 3.8) is 0 Å². The molecule has 1 aromatic carbocycles. The van der Waals surface area contributed by atoms with Gasteiger partial charge in [0.25, 0.3) is 0 Å². The molecule has 1 aromatic rings. The summed E-state index contributed by atoms with van der Waals surface area (Å²) in [6, 6.07) is 11.1. The highest BCUT2D eigenvalue weighted by Crippen LogP contribution is 2.14. The lowest BCUT2D eigenvalue weighted by molar-refractivity contribution is -0.117. The van der Waals surface area contributed by atoms with Gasteiger partial charge < -0.3 is 0 Å². The largest absolute Gasteiger partial charge is 0.298 e. The second kappa shape index (κ2) is 5.26. The van der Waals surface area contributed by atoms with Crippen molar-refractivity contribution < 1.29 is 4.79 Å². The minimum atomic E-state index is 0.395. The number of carbonyl (C=O) groups excluding carboxylic acids is 1. The fourth-order valence-electron chi connectivity index (χ4n) is 2.23.